The highest BCUT2D eigenvalue weighted by molar-refractivity contribution is 7.89. The number of hydrogen-bond donors (Lipinski definition) is 2. The van der Waals surface area contributed by atoms with Crippen LogP contribution in [0.1, 0.15) is 0 Å². The molecule has 0 saturated heterocycles. The maximum Gasteiger partial charge on any atom is 0.269 e. The minimum atomic E-state index is -3.84. The topological polar surface area (TPSA) is 118 Å². The first-order valence-corrected chi connectivity index (χ1v) is 8.43. The monoisotopic (exact) mass is 369 g/mol. The van der Waals surface area contributed by atoms with Crippen molar-refractivity contribution < 1.29 is 18.1 Å². The van der Waals surface area contributed by atoms with Crippen molar-refractivity contribution in [1.29, 1.82) is 0 Å². The van der Waals surface area contributed by atoms with Gasteiger partial charge in [0.1, 0.15) is 0 Å². The number of non-ortho nitro benzene ring substituents is 1. The molecule has 0 aromatic heterocycles. The largest absolute Gasteiger partial charge is 0.325 e. The molecule has 126 valence electrons. The van der Waals surface area contributed by atoms with Gasteiger partial charge in [-0.2, -0.15) is 0 Å². The van der Waals surface area contributed by atoms with Crippen molar-refractivity contribution >= 4 is 38.9 Å². The Kier molecular flexibility index (Phi) is 5.50. The van der Waals surface area contributed by atoms with Crippen molar-refractivity contribution in [3.8, 4) is 0 Å². The van der Waals surface area contributed by atoms with Gasteiger partial charge in [0.25, 0.3) is 5.69 Å². The summed E-state index contributed by atoms with van der Waals surface area (Å²) in [5, 5.41) is 13.4. The predicted octanol–water partition coefficient (Wildman–Crippen LogP) is 2.17. The summed E-state index contributed by atoms with van der Waals surface area (Å²) in [6.07, 6.45) is 0. The highest BCUT2D eigenvalue weighted by Crippen LogP contribution is 2.16. The molecule has 0 fully saturated rings. The normalized spacial score (nSPS) is 11.0. The van der Waals surface area contributed by atoms with Gasteiger partial charge in [-0.05, 0) is 36.4 Å². The van der Waals surface area contributed by atoms with E-state index >= 15 is 0 Å². The highest BCUT2D eigenvalue weighted by Gasteiger charge is 2.15. The number of carbonyl (C=O) groups excluding carboxylic acids is 1. The molecule has 0 spiro atoms. The molecule has 0 radical (unpaired) electrons. The molecule has 2 aromatic rings. The number of carbonyl (C=O) groups is 1. The van der Waals surface area contributed by atoms with Crippen LogP contribution in [0.4, 0.5) is 11.4 Å². The minimum Gasteiger partial charge on any atom is -0.325 e. The van der Waals surface area contributed by atoms with Gasteiger partial charge in [0, 0.05) is 22.8 Å². The van der Waals surface area contributed by atoms with Gasteiger partial charge in [0.05, 0.1) is 16.4 Å². The van der Waals surface area contributed by atoms with Crippen molar-refractivity contribution in [1.82, 2.24) is 4.72 Å². The zero-order chi connectivity index (χ0) is 17.7. The molecule has 0 unspecified atom stereocenters. The van der Waals surface area contributed by atoms with E-state index in [2.05, 4.69) is 10.0 Å². The van der Waals surface area contributed by atoms with Crippen LogP contribution in [-0.4, -0.2) is 25.8 Å². The fraction of sp³-hybridized carbons (Fsp3) is 0.0714. The van der Waals surface area contributed by atoms with Crippen LogP contribution < -0.4 is 10.0 Å². The van der Waals surface area contributed by atoms with E-state index in [1.54, 1.807) is 0 Å². The summed E-state index contributed by atoms with van der Waals surface area (Å²) in [5.74, 6) is -0.610. The Morgan fingerprint density at radius 3 is 2.21 bits per heavy atom. The van der Waals surface area contributed by atoms with Crippen molar-refractivity contribution in [3.05, 3.63) is 63.7 Å². The molecule has 0 aliphatic rings. The summed E-state index contributed by atoms with van der Waals surface area (Å²) in [7, 11) is -3.84. The number of nitrogens with one attached hydrogen (secondary N) is 2. The zero-order valence-electron chi connectivity index (χ0n) is 12.1. The molecule has 0 aliphatic carbocycles. The van der Waals surface area contributed by atoms with Crippen molar-refractivity contribution in [3.63, 3.8) is 0 Å². The Bertz CT molecular complexity index is 851. The lowest BCUT2D eigenvalue weighted by atomic mass is 10.3. The Morgan fingerprint density at radius 2 is 1.67 bits per heavy atom. The van der Waals surface area contributed by atoms with E-state index in [9.17, 15) is 23.3 Å². The second-order valence-electron chi connectivity index (χ2n) is 4.63. The number of amides is 1. The Balaban J connectivity index is 1.95. The molecule has 2 N–H and O–H groups in total. The first-order chi connectivity index (χ1) is 11.3. The molecule has 0 heterocycles. The van der Waals surface area contributed by atoms with Crippen LogP contribution >= 0.6 is 11.6 Å². The molecule has 8 nitrogen and oxygen atoms in total. The molecule has 2 aromatic carbocycles. The van der Waals surface area contributed by atoms with Crippen LogP contribution in [0.25, 0.3) is 0 Å². The Morgan fingerprint density at radius 1 is 1.08 bits per heavy atom. The van der Waals surface area contributed by atoms with E-state index in [4.69, 9.17) is 11.6 Å². The molecular formula is C14H12ClN3O5S. The summed E-state index contributed by atoms with van der Waals surface area (Å²) >= 11 is 5.69. The molecule has 2 rings (SSSR count). The van der Waals surface area contributed by atoms with Gasteiger partial charge >= 0.3 is 0 Å². The number of nitro groups is 1. The third-order valence-electron chi connectivity index (χ3n) is 2.91. The van der Waals surface area contributed by atoms with Crippen molar-refractivity contribution in [2.24, 2.45) is 0 Å². The third-order valence-corrected chi connectivity index (χ3v) is 4.58. The van der Waals surface area contributed by atoms with Crippen molar-refractivity contribution in [2.45, 2.75) is 4.90 Å². The summed E-state index contributed by atoms with van der Waals surface area (Å²) in [6.45, 7) is -0.484. The van der Waals surface area contributed by atoms with Crippen molar-refractivity contribution in [2.75, 3.05) is 11.9 Å². The molecular weight excluding hydrogens is 358 g/mol. The highest BCUT2D eigenvalue weighted by atomic mass is 35.5. The van der Waals surface area contributed by atoms with E-state index in [1.807, 2.05) is 0 Å². The second-order valence-corrected chi connectivity index (χ2v) is 6.83. The average Bonchev–Trinajstić information content (AvgIpc) is 2.54. The molecule has 1 amide bonds. The fourth-order valence-electron chi connectivity index (χ4n) is 1.73. The quantitative estimate of drug-likeness (QED) is 0.597. The SMILES string of the molecule is O=C(CNS(=O)(=O)c1ccc(Cl)cc1)Nc1ccc([N+](=O)[O-])cc1. The van der Waals surface area contributed by atoms with Gasteiger partial charge in [-0.15, -0.1) is 0 Å². The molecule has 0 bridgehead atoms. The number of sulfonamides is 1. The van der Waals surface area contributed by atoms with Gasteiger partial charge in [-0.1, -0.05) is 11.6 Å². The lowest BCUT2D eigenvalue weighted by Crippen LogP contribution is -2.32. The summed E-state index contributed by atoms with van der Waals surface area (Å²) in [4.78, 5) is 21.7. The smallest absolute Gasteiger partial charge is 0.269 e. The maximum absolute atomic E-state index is 12.0. The fourth-order valence-corrected chi connectivity index (χ4v) is 2.84. The van der Waals surface area contributed by atoms with Gasteiger partial charge < -0.3 is 5.32 Å². The number of nitro benzene ring substituents is 1. The van der Waals surface area contributed by atoms with Crippen LogP contribution in [-0.2, 0) is 14.8 Å². The number of rotatable bonds is 6. The summed E-state index contributed by atoms with van der Waals surface area (Å²) < 4.78 is 26.2. The molecule has 24 heavy (non-hydrogen) atoms. The third kappa shape index (κ3) is 4.75. The number of halogens is 1. The van der Waals surface area contributed by atoms with E-state index in [0.29, 0.717) is 10.7 Å². The minimum absolute atomic E-state index is 0.0185. The lowest BCUT2D eigenvalue weighted by Gasteiger charge is -2.08. The Labute approximate surface area is 142 Å². The van der Waals surface area contributed by atoms with E-state index in [1.165, 1.54) is 48.5 Å². The molecule has 0 saturated carbocycles. The first kappa shape index (κ1) is 17.9. The maximum atomic E-state index is 12.0. The average molecular weight is 370 g/mol. The Hall–Kier alpha value is -2.49. The van der Waals surface area contributed by atoms with Crippen LogP contribution in [0, 0.1) is 10.1 Å². The number of benzene rings is 2. The molecule has 0 atom stereocenters. The van der Waals surface area contributed by atoms with E-state index < -0.39 is 27.4 Å². The zero-order valence-corrected chi connectivity index (χ0v) is 13.7. The van der Waals surface area contributed by atoms with Crippen LogP contribution in [0.15, 0.2) is 53.4 Å². The molecule has 0 aliphatic heterocycles. The predicted molar refractivity (Wildman–Crippen MR) is 88.4 cm³/mol. The van der Waals surface area contributed by atoms with Crippen LogP contribution in [0.5, 0.6) is 0 Å². The van der Waals surface area contributed by atoms with E-state index in [-0.39, 0.29) is 10.6 Å². The standard InChI is InChI=1S/C14H12ClN3O5S/c15-10-1-7-13(8-2-10)24(22,23)16-9-14(19)17-11-3-5-12(6-4-11)18(20)21/h1-8,16H,9H2,(H,17,19). The van der Waals surface area contributed by atoms with E-state index in [0.717, 1.165) is 0 Å². The second kappa shape index (κ2) is 7.39. The summed E-state index contributed by atoms with van der Waals surface area (Å²) in [5.41, 5.74) is 0.202. The number of anilines is 1. The molecule has 10 heteroatoms. The summed E-state index contributed by atoms with van der Waals surface area (Å²) in [6, 6.07) is 10.6. The lowest BCUT2D eigenvalue weighted by molar-refractivity contribution is -0.384. The number of nitrogens with zero attached hydrogens (tertiary/aromatic N) is 1. The first-order valence-electron chi connectivity index (χ1n) is 6.57. The number of hydrogen-bond acceptors (Lipinski definition) is 5. The van der Waals surface area contributed by atoms with Crippen LogP contribution in [0.2, 0.25) is 5.02 Å². The van der Waals surface area contributed by atoms with Gasteiger partial charge in [-0.25, -0.2) is 13.1 Å². The van der Waals surface area contributed by atoms with Gasteiger partial charge in [0.2, 0.25) is 15.9 Å². The van der Waals surface area contributed by atoms with Gasteiger partial charge in [-0.3, -0.25) is 14.9 Å². The van der Waals surface area contributed by atoms with Crippen LogP contribution in [0.3, 0.4) is 0 Å². The van der Waals surface area contributed by atoms with Gasteiger partial charge in [0.15, 0.2) is 0 Å².